The molecule has 8 heteroatoms. The van der Waals surface area contributed by atoms with Gasteiger partial charge in [-0.25, -0.2) is 13.6 Å². The normalized spacial score (nSPS) is 23.0. The fourth-order valence-corrected chi connectivity index (χ4v) is 4.15. The van der Waals surface area contributed by atoms with E-state index in [0.717, 1.165) is 19.4 Å². The van der Waals surface area contributed by atoms with E-state index in [1.54, 1.807) is 0 Å². The molecule has 1 fully saturated rings. The van der Waals surface area contributed by atoms with Gasteiger partial charge in [0.1, 0.15) is 11.9 Å². The number of nitrogens with one attached hydrogen (secondary N) is 2. The number of hydrogen-bond acceptors (Lipinski definition) is 5. The second-order valence-electron chi connectivity index (χ2n) is 6.83. The number of rotatable bonds is 5. The van der Waals surface area contributed by atoms with Gasteiger partial charge in [-0.05, 0) is 44.0 Å². The van der Waals surface area contributed by atoms with Gasteiger partial charge in [0.05, 0.1) is 16.5 Å². The summed E-state index contributed by atoms with van der Waals surface area (Å²) in [6, 6.07) is 2.62. The fourth-order valence-electron chi connectivity index (χ4n) is 3.56. The topological polar surface area (TPSA) is 111 Å². The molecule has 0 radical (unpaired) electrons. The molecule has 1 aromatic rings. The maximum absolute atomic E-state index is 12.9. The number of benzene rings is 1. The highest BCUT2D eigenvalue weighted by atomic mass is 32.2. The largest absolute Gasteiger partial charge is 0.489 e. The maximum Gasteiger partial charge on any atom is 0.255 e. The third-order valence-electron chi connectivity index (χ3n) is 4.78. The van der Waals surface area contributed by atoms with Crippen LogP contribution in [0.15, 0.2) is 17.0 Å². The van der Waals surface area contributed by atoms with Crippen molar-refractivity contribution < 1.29 is 17.9 Å². The molecule has 1 amide bonds. The number of carbonyl (C=O) groups is 1. The average molecular weight is 377 g/mol. The number of fused-ring (bicyclic) bond motifs is 1. The number of sulfonamides is 1. The van der Waals surface area contributed by atoms with E-state index in [1.165, 1.54) is 12.1 Å². The fraction of sp³-hybridized carbons (Fsp3) is 0.500. The molecule has 2 heterocycles. The van der Waals surface area contributed by atoms with Crippen LogP contribution < -0.4 is 20.5 Å². The van der Waals surface area contributed by atoms with Crippen LogP contribution in [0.2, 0.25) is 0 Å². The van der Waals surface area contributed by atoms with E-state index < -0.39 is 15.9 Å². The second kappa shape index (κ2) is 7.27. The summed E-state index contributed by atoms with van der Waals surface area (Å²) < 4.78 is 29.3. The Kier molecular flexibility index (Phi) is 5.23. The Morgan fingerprint density at radius 1 is 1.54 bits per heavy atom. The van der Waals surface area contributed by atoms with Crippen LogP contribution in [-0.4, -0.2) is 39.1 Å². The summed E-state index contributed by atoms with van der Waals surface area (Å²) in [5.74, 6) is 2.60. The zero-order valence-corrected chi connectivity index (χ0v) is 15.4. The molecule has 3 rings (SSSR count). The van der Waals surface area contributed by atoms with Gasteiger partial charge in [-0.2, -0.15) is 0 Å². The van der Waals surface area contributed by atoms with Crippen LogP contribution in [-0.2, 0) is 16.4 Å². The van der Waals surface area contributed by atoms with Crippen molar-refractivity contribution in [2.45, 2.75) is 55.7 Å². The van der Waals surface area contributed by atoms with Crippen LogP contribution in [0.1, 0.15) is 42.1 Å². The number of terminal acetylenes is 1. The first-order valence-electron chi connectivity index (χ1n) is 8.63. The van der Waals surface area contributed by atoms with Crippen molar-refractivity contribution in [3.63, 3.8) is 0 Å². The van der Waals surface area contributed by atoms with E-state index in [0.29, 0.717) is 24.2 Å². The van der Waals surface area contributed by atoms with Gasteiger partial charge >= 0.3 is 0 Å². The summed E-state index contributed by atoms with van der Waals surface area (Å²) in [6.07, 6.45) is 8.18. The van der Waals surface area contributed by atoms with Gasteiger partial charge in [-0.1, -0.05) is 0 Å². The van der Waals surface area contributed by atoms with Gasteiger partial charge in [-0.15, -0.1) is 12.3 Å². The van der Waals surface area contributed by atoms with Crippen LogP contribution in [0.25, 0.3) is 0 Å². The van der Waals surface area contributed by atoms with Crippen molar-refractivity contribution in [3.8, 4) is 18.1 Å². The summed E-state index contributed by atoms with van der Waals surface area (Å²) in [6.45, 7) is 2.75. The third kappa shape index (κ3) is 3.85. The van der Waals surface area contributed by atoms with Crippen molar-refractivity contribution in [3.05, 3.63) is 23.3 Å². The molecular formula is C18H23N3O4S. The molecule has 7 nitrogen and oxygen atoms in total. The predicted molar refractivity (Wildman–Crippen MR) is 97.3 cm³/mol. The zero-order chi connectivity index (χ0) is 18.9. The monoisotopic (exact) mass is 377 g/mol. The Labute approximate surface area is 153 Å². The first kappa shape index (κ1) is 18.7. The van der Waals surface area contributed by atoms with E-state index in [9.17, 15) is 13.2 Å². The van der Waals surface area contributed by atoms with Crippen LogP contribution >= 0.6 is 0 Å². The number of ether oxygens (including phenoxy) is 1. The van der Waals surface area contributed by atoms with Crippen molar-refractivity contribution in [2.75, 3.05) is 6.54 Å². The number of primary sulfonamides is 1. The number of amides is 1. The molecule has 2 aliphatic heterocycles. The van der Waals surface area contributed by atoms with Crippen molar-refractivity contribution in [1.29, 1.82) is 0 Å². The Balaban J connectivity index is 1.93. The Morgan fingerprint density at radius 2 is 2.31 bits per heavy atom. The predicted octanol–water partition coefficient (Wildman–Crippen LogP) is 0.531. The Morgan fingerprint density at radius 3 is 2.92 bits per heavy atom. The van der Waals surface area contributed by atoms with Gasteiger partial charge in [0.25, 0.3) is 5.91 Å². The van der Waals surface area contributed by atoms with Crippen molar-refractivity contribution in [2.24, 2.45) is 5.14 Å². The van der Waals surface area contributed by atoms with Crippen LogP contribution in [0, 0.1) is 12.3 Å². The number of nitrogens with two attached hydrogens (primary N) is 1. The summed E-state index contributed by atoms with van der Waals surface area (Å²) in [5, 5.41) is 11.5. The number of carbonyl (C=O) groups excluding carboxylic acids is 1. The molecule has 0 bridgehead atoms. The SMILES string of the molecule is C#CCC(NC(=O)c1cc(S(N)(=O)=O)cc2c1OC(C)C2)C1CCCN1. The minimum absolute atomic E-state index is 0.0911. The molecule has 0 spiro atoms. The summed E-state index contributed by atoms with van der Waals surface area (Å²) in [7, 11) is -3.93. The van der Waals surface area contributed by atoms with Gasteiger partial charge < -0.3 is 15.4 Å². The Bertz CT molecular complexity index is 854. The van der Waals surface area contributed by atoms with Crippen LogP contribution in [0.3, 0.4) is 0 Å². The van der Waals surface area contributed by atoms with E-state index in [2.05, 4.69) is 16.6 Å². The van der Waals surface area contributed by atoms with Crippen molar-refractivity contribution in [1.82, 2.24) is 10.6 Å². The van der Waals surface area contributed by atoms with Gasteiger partial charge in [0.15, 0.2) is 0 Å². The highest BCUT2D eigenvalue weighted by molar-refractivity contribution is 7.89. The molecule has 0 saturated carbocycles. The Hall–Kier alpha value is -2.08. The molecule has 140 valence electrons. The smallest absolute Gasteiger partial charge is 0.255 e. The first-order chi connectivity index (χ1) is 12.3. The molecule has 3 atom stereocenters. The summed E-state index contributed by atoms with van der Waals surface area (Å²) in [5.41, 5.74) is 0.845. The molecule has 3 unspecified atom stereocenters. The lowest BCUT2D eigenvalue weighted by Gasteiger charge is -2.24. The third-order valence-corrected chi connectivity index (χ3v) is 5.67. The first-order valence-corrected chi connectivity index (χ1v) is 10.2. The van der Waals surface area contributed by atoms with Gasteiger partial charge in [0.2, 0.25) is 10.0 Å². The van der Waals surface area contributed by atoms with E-state index in [1.807, 2.05) is 6.92 Å². The zero-order valence-electron chi connectivity index (χ0n) is 14.6. The molecule has 1 aromatic carbocycles. The lowest BCUT2D eigenvalue weighted by molar-refractivity contribution is 0.0925. The molecule has 0 aliphatic carbocycles. The standard InChI is InChI=1S/C18H23N3O4S/c1-3-5-16(15-6-4-7-20-15)21-18(22)14-10-13(26(19,23)24)9-12-8-11(2)25-17(12)14/h1,9-11,15-16,20H,4-8H2,2H3,(H,21,22)(H2,19,23,24). The maximum atomic E-state index is 12.9. The average Bonchev–Trinajstić information content (AvgIpc) is 3.20. The molecule has 26 heavy (non-hydrogen) atoms. The van der Waals surface area contributed by atoms with Gasteiger partial charge in [0, 0.05) is 18.9 Å². The summed E-state index contributed by atoms with van der Waals surface area (Å²) in [4.78, 5) is 12.8. The molecule has 0 aromatic heterocycles. The van der Waals surface area contributed by atoms with Crippen LogP contribution in [0.5, 0.6) is 5.75 Å². The van der Waals surface area contributed by atoms with Crippen LogP contribution in [0.4, 0.5) is 0 Å². The van der Waals surface area contributed by atoms with Gasteiger partial charge in [-0.3, -0.25) is 4.79 Å². The van der Waals surface area contributed by atoms with Crippen molar-refractivity contribution >= 4 is 15.9 Å². The summed E-state index contributed by atoms with van der Waals surface area (Å²) >= 11 is 0. The van der Waals surface area contributed by atoms with E-state index in [-0.39, 0.29) is 28.6 Å². The lowest BCUT2D eigenvalue weighted by atomic mass is 10.0. The van der Waals surface area contributed by atoms with E-state index in [4.69, 9.17) is 16.3 Å². The highest BCUT2D eigenvalue weighted by Gasteiger charge is 2.31. The quantitative estimate of drug-likeness (QED) is 0.649. The molecule has 1 saturated heterocycles. The highest BCUT2D eigenvalue weighted by Crippen LogP contribution is 2.35. The number of hydrogen-bond donors (Lipinski definition) is 3. The molecular weight excluding hydrogens is 354 g/mol. The second-order valence-corrected chi connectivity index (χ2v) is 8.39. The van der Waals surface area contributed by atoms with E-state index >= 15 is 0 Å². The lowest BCUT2D eigenvalue weighted by Crippen LogP contribution is -2.47. The molecule has 4 N–H and O–H groups in total. The molecule has 2 aliphatic rings. The minimum Gasteiger partial charge on any atom is -0.489 e. The minimum atomic E-state index is -3.93.